The van der Waals surface area contributed by atoms with Gasteiger partial charge in [-0.15, -0.1) is 11.3 Å². The van der Waals surface area contributed by atoms with E-state index in [1.165, 1.54) is 24.0 Å². The van der Waals surface area contributed by atoms with Crippen LogP contribution in [0.15, 0.2) is 48.5 Å². The van der Waals surface area contributed by atoms with Crippen molar-refractivity contribution in [1.82, 2.24) is 9.80 Å². The predicted octanol–water partition coefficient (Wildman–Crippen LogP) is 4.00. The quantitative estimate of drug-likeness (QED) is 0.484. The van der Waals surface area contributed by atoms with Crippen LogP contribution in [0.25, 0.3) is 11.1 Å². The number of thiophene rings is 1. The first-order valence-electron chi connectivity index (χ1n) is 11.9. The van der Waals surface area contributed by atoms with E-state index in [-0.39, 0.29) is 19.2 Å². The Balaban J connectivity index is 1.19. The number of aryl methyl sites for hydroxylation is 1. The number of ether oxygens (including phenoxy) is 3. The fraction of sp³-hybridized carbons (Fsp3) is 0.333. The molecule has 9 heteroatoms. The van der Waals surface area contributed by atoms with Crippen molar-refractivity contribution in [1.29, 1.82) is 0 Å². The van der Waals surface area contributed by atoms with Crippen molar-refractivity contribution in [2.75, 3.05) is 51.9 Å². The number of methoxy groups -OCH3 is 1. The number of anilines is 1. The summed E-state index contributed by atoms with van der Waals surface area (Å²) in [7, 11) is 1.36. The molecule has 0 bridgehead atoms. The number of hydrogen-bond donors (Lipinski definition) is 1. The molecular formula is C27H29N3O5S. The third kappa shape index (κ3) is 5.23. The third-order valence-corrected chi connectivity index (χ3v) is 7.49. The molecule has 5 rings (SSSR count). The molecule has 8 nitrogen and oxygen atoms in total. The molecule has 3 aromatic rings. The summed E-state index contributed by atoms with van der Waals surface area (Å²) >= 11 is 1.40. The molecule has 0 saturated carbocycles. The number of carbonyl (C=O) groups excluding carboxylic acids is 2. The Morgan fingerprint density at radius 3 is 2.47 bits per heavy atom. The normalized spacial score (nSPS) is 15.6. The number of nitrogens with one attached hydrogen (secondary N) is 1. The second-order valence-electron chi connectivity index (χ2n) is 8.88. The highest BCUT2D eigenvalue weighted by molar-refractivity contribution is 7.17. The molecule has 2 aromatic carbocycles. The van der Waals surface area contributed by atoms with Crippen molar-refractivity contribution in [3.63, 3.8) is 0 Å². The van der Waals surface area contributed by atoms with Crippen LogP contribution in [0.5, 0.6) is 11.5 Å². The van der Waals surface area contributed by atoms with Crippen molar-refractivity contribution in [3.05, 3.63) is 64.5 Å². The summed E-state index contributed by atoms with van der Waals surface area (Å²) < 4.78 is 15.9. The van der Waals surface area contributed by atoms with E-state index in [4.69, 9.17) is 14.2 Å². The Morgan fingerprint density at radius 2 is 1.72 bits per heavy atom. The van der Waals surface area contributed by atoms with E-state index in [0.29, 0.717) is 10.6 Å². The van der Waals surface area contributed by atoms with Crippen LogP contribution in [0, 0.1) is 6.92 Å². The average Bonchev–Trinajstić information content (AvgIpc) is 3.48. The minimum Gasteiger partial charge on any atom is -0.465 e. The second-order valence-corrected chi connectivity index (χ2v) is 10.1. The van der Waals surface area contributed by atoms with Crippen LogP contribution < -0.4 is 14.8 Å². The van der Waals surface area contributed by atoms with E-state index in [1.54, 1.807) is 0 Å². The molecule has 0 unspecified atom stereocenters. The summed E-state index contributed by atoms with van der Waals surface area (Å²) in [5.74, 6) is 1.01. The van der Waals surface area contributed by atoms with Gasteiger partial charge in [-0.2, -0.15) is 0 Å². The van der Waals surface area contributed by atoms with Gasteiger partial charge >= 0.3 is 5.97 Å². The Kier molecular flexibility index (Phi) is 7.22. The number of benzene rings is 2. The number of hydrogen-bond acceptors (Lipinski definition) is 8. The first kappa shape index (κ1) is 24.3. The Labute approximate surface area is 214 Å². The van der Waals surface area contributed by atoms with Crippen LogP contribution >= 0.6 is 11.3 Å². The first-order chi connectivity index (χ1) is 17.5. The van der Waals surface area contributed by atoms with E-state index in [0.717, 1.165) is 60.2 Å². The predicted molar refractivity (Wildman–Crippen MR) is 139 cm³/mol. The topological polar surface area (TPSA) is 80.3 Å². The standard InChI is InChI=1S/C27H29N3O5S/c1-18-24(20-6-4-3-5-7-20)25(27(32)33-2)26(36-18)28-23(31)16-30-12-10-29(11-13-30)15-19-8-9-21-22(14-19)35-17-34-21/h3-9,14H,10-13,15-17H2,1-2H3,(H,28,31). The lowest BCUT2D eigenvalue weighted by molar-refractivity contribution is -0.117. The monoisotopic (exact) mass is 507 g/mol. The maximum Gasteiger partial charge on any atom is 0.341 e. The van der Waals surface area contributed by atoms with Gasteiger partial charge in [0.25, 0.3) is 0 Å². The average molecular weight is 508 g/mol. The van der Waals surface area contributed by atoms with Crippen molar-refractivity contribution < 1.29 is 23.8 Å². The highest BCUT2D eigenvalue weighted by atomic mass is 32.1. The molecule has 188 valence electrons. The largest absolute Gasteiger partial charge is 0.465 e. The van der Waals surface area contributed by atoms with Crippen molar-refractivity contribution >= 4 is 28.2 Å². The molecule has 1 N–H and O–H groups in total. The second kappa shape index (κ2) is 10.7. The highest BCUT2D eigenvalue weighted by Crippen LogP contribution is 2.40. The van der Waals surface area contributed by atoms with E-state index in [2.05, 4.69) is 21.2 Å². The summed E-state index contributed by atoms with van der Waals surface area (Å²) in [6.07, 6.45) is 0. The fourth-order valence-corrected chi connectivity index (χ4v) is 5.73. The Morgan fingerprint density at radius 1 is 1.00 bits per heavy atom. The molecular weight excluding hydrogens is 478 g/mol. The zero-order valence-electron chi connectivity index (χ0n) is 20.4. The molecule has 0 aliphatic carbocycles. The van der Waals surface area contributed by atoms with Gasteiger partial charge in [-0.3, -0.25) is 14.6 Å². The van der Waals surface area contributed by atoms with Gasteiger partial charge in [0.05, 0.1) is 13.7 Å². The lowest BCUT2D eigenvalue weighted by atomic mass is 10.0. The number of piperazine rings is 1. The zero-order valence-corrected chi connectivity index (χ0v) is 21.2. The lowest BCUT2D eigenvalue weighted by Crippen LogP contribution is -2.48. The first-order valence-corrected chi connectivity index (χ1v) is 12.7. The van der Waals surface area contributed by atoms with Gasteiger partial charge in [-0.25, -0.2) is 4.79 Å². The number of nitrogens with zero attached hydrogens (tertiary/aromatic N) is 2. The fourth-order valence-electron chi connectivity index (χ4n) is 4.65. The van der Waals surface area contributed by atoms with E-state index >= 15 is 0 Å². The molecule has 36 heavy (non-hydrogen) atoms. The number of rotatable bonds is 7. The molecule has 0 radical (unpaired) electrons. The molecule has 1 saturated heterocycles. The van der Waals surface area contributed by atoms with Gasteiger partial charge in [0, 0.05) is 43.2 Å². The van der Waals surface area contributed by atoms with Crippen LogP contribution in [0.1, 0.15) is 20.8 Å². The molecule has 3 heterocycles. The van der Waals surface area contributed by atoms with Crippen molar-refractivity contribution in [3.8, 4) is 22.6 Å². The SMILES string of the molecule is COC(=O)c1c(NC(=O)CN2CCN(Cc3ccc4c(c3)OCO4)CC2)sc(C)c1-c1ccccc1. The molecule has 1 fully saturated rings. The van der Waals surface area contributed by atoms with E-state index in [1.807, 2.05) is 49.4 Å². The molecule has 0 atom stereocenters. The maximum absolute atomic E-state index is 12.9. The third-order valence-electron chi connectivity index (χ3n) is 6.46. The highest BCUT2D eigenvalue weighted by Gasteiger charge is 2.26. The minimum absolute atomic E-state index is 0.134. The molecule has 1 aromatic heterocycles. The van der Waals surface area contributed by atoms with Gasteiger partial charge in [-0.05, 0) is 30.2 Å². The van der Waals surface area contributed by atoms with Crippen molar-refractivity contribution in [2.45, 2.75) is 13.5 Å². The van der Waals surface area contributed by atoms with Gasteiger partial charge in [0.15, 0.2) is 11.5 Å². The summed E-state index contributed by atoms with van der Waals surface area (Å²) in [5.41, 5.74) is 3.32. The number of fused-ring (bicyclic) bond motifs is 1. The van der Waals surface area contributed by atoms with Gasteiger partial charge in [0.2, 0.25) is 12.7 Å². The summed E-state index contributed by atoms with van der Waals surface area (Å²) in [4.78, 5) is 31.1. The van der Waals surface area contributed by atoms with Crippen LogP contribution in [-0.4, -0.2) is 68.3 Å². The Bertz CT molecular complexity index is 1250. The van der Waals surface area contributed by atoms with Crippen LogP contribution in [0.2, 0.25) is 0 Å². The summed E-state index contributed by atoms with van der Waals surface area (Å²) in [6, 6.07) is 15.8. The van der Waals surface area contributed by atoms with Gasteiger partial charge in [0.1, 0.15) is 10.6 Å². The molecule has 2 aliphatic heterocycles. The minimum atomic E-state index is -0.453. The lowest BCUT2D eigenvalue weighted by Gasteiger charge is -2.34. The number of carbonyl (C=O) groups is 2. The summed E-state index contributed by atoms with van der Waals surface area (Å²) in [6.45, 7) is 6.65. The molecule has 0 spiro atoms. The smallest absolute Gasteiger partial charge is 0.341 e. The van der Waals surface area contributed by atoms with Crippen LogP contribution in [-0.2, 0) is 16.1 Å². The summed E-state index contributed by atoms with van der Waals surface area (Å²) in [5, 5.41) is 3.51. The molecule has 2 aliphatic rings. The van der Waals surface area contributed by atoms with Crippen molar-refractivity contribution in [2.24, 2.45) is 0 Å². The number of amides is 1. The van der Waals surface area contributed by atoms with E-state index in [9.17, 15) is 9.59 Å². The van der Waals surface area contributed by atoms with Crippen LogP contribution in [0.4, 0.5) is 5.00 Å². The molecule has 1 amide bonds. The van der Waals surface area contributed by atoms with Gasteiger partial charge in [-0.1, -0.05) is 36.4 Å². The van der Waals surface area contributed by atoms with E-state index < -0.39 is 5.97 Å². The van der Waals surface area contributed by atoms with Gasteiger partial charge < -0.3 is 19.5 Å². The zero-order chi connectivity index (χ0) is 25.1. The number of esters is 1. The maximum atomic E-state index is 12.9. The van der Waals surface area contributed by atoms with Crippen LogP contribution in [0.3, 0.4) is 0 Å². The Hall–Kier alpha value is -3.40.